The number of nitrogens with zero attached hydrogens (tertiary/aromatic N) is 2. The first kappa shape index (κ1) is 14.5. The van der Waals surface area contributed by atoms with E-state index in [4.69, 9.17) is 0 Å². The van der Waals surface area contributed by atoms with Crippen LogP contribution in [-0.4, -0.2) is 33.6 Å². The fourth-order valence-corrected chi connectivity index (χ4v) is 3.25. The van der Waals surface area contributed by atoms with Gasteiger partial charge in [-0.15, -0.1) is 0 Å². The van der Waals surface area contributed by atoms with Crippen LogP contribution in [0.3, 0.4) is 0 Å². The van der Waals surface area contributed by atoms with Gasteiger partial charge in [0.05, 0.1) is 4.92 Å². The highest BCUT2D eigenvalue weighted by Crippen LogP contribution is 2.24. The SMILES string of the molecule is O=C(c1cc(Br)cc([N+](=O)[O-])c1)N1CCCC(Br)C1. The van der Waals surface area contributed by atoms with E-state index in [0.29, 0.717) is 28.0 Å². The zero-order valence-electron chi connectivity index (χ0n) is 10.0. The predicted octanol–water partition coefficient (Wildman–Crippen LogP) is 3.36. The quantitative estimate of drug-likeness (QED) is 0.441. The van der Waals surface area contributed by atoms with Crippen LogP contribution in [0.25, 0.3) is 0 Å². The van der Waals surface area contributed by atoms with Crippen LogP contribution in [0.15, 0.2) is 22.7 Å². The number of benzene rings is 1. The Morgan fingerprint density at radius 1 is 1.42 bits per heavy atom. The topological polar surface area (TPSA) is 63.4 Å². The summed E-state index contributed by atoms with van der Waals surface area (Å²) in [5.41, 5.74) is 0.271. The molecule has 7 heteroatoms. The smallest absolute Gasteiger partial charge is 0.271 e. The van der Waals surface area contributed by atoms with Gasteiger partial charge < -0.3 is 4.90 Å². The Morgan fingerprint density at radius 3 is 2.79 bits per heavy atom. The van der Waals surface area contributed by atoms with Crippen LogP contribution in [0.1, 0.15) is 23.2 Å². The van der Waals surface area contributed by atoms with Gasteiger partial charge in [-0.3, -0.25) is 14.9 Å². The highest BCUT2D eigenvalue weighted by molar-refractivity contribution is 9.10. The number of halogens is 2. The van der Waals surface area contributed by atoms with Gasteiger partial charge in [0.15, 0.2) is 0 Å². The summed E-state index contributed by atoms with van der Waals surface area (Å²) in [4.78, 5) is 24.7. The lowest BCUT2D eigenvalue weighted by Gasteiger charge is -2.30. The number of nitro benzene ring substituents is 1. The van der Waals surface area contributed by atoms with Crippen LogP contribution >= 0.6 is 31.9 Å². The number of hydrogen-bond acceptors (Lipinski definition) is 3. The molecule has 0 spiro atoms. The molecule has 1 aliphatic heterocycles. The van der Waals surface area contributed by atoms with E-state index in [9.17, 15) is 14.9 Å². The maximum absolute atomic E-state index is 12.3. The van der Waals surface area contributed by atoms with Gasteiger partial charge >= 0.3 is 0 Å². The van der Waals surface area contributed by atoms with Crippen molar-refractivity contribution in [3.05, 3.63) is 38.3 Å². The van der Waals surface area contributed by atoms with Crippen molar-refractivity contribution < 1.29 is 9.72 Å². The minimum atomic E-state index is -0.495. The average molecular weight is 392 g/mol. The van der Waals surface area contributed by atoms with Crippen molar-refractivity contribution in [2.24, 2.45) is 0 Å². The number of carbonyl (C=O) groups is 1. The molecule has 1 aromatic carbocycles. The standard InChI is InChI=1S/C12H12Br2N2O3/c13-9-2-1-3-15(7-9)12(17)8-4-10(14)6-11(5-8)16(18)19/h4-6,9H,1-3,7H2. The third-order valence-corrected chi connectivity index (χ3v) is 4.20. The molecule has 0 aliphatic carbocycles. The van der Waals surface area contributed by atoms with Crippen molar-refractivity contribution >= 4 is 43.5 Å². The summed E-state index contributed by atoms with van der Waals surface area (Å²) in [5.74, 6) is -0.159. The van der Waals surface area contributed by atoms with E-state index in [1.165, 1.54) is 12.1 Å². The largest absolute Gasteiger partial charge is 0.338 e. The van der Waals surface area contributed by atoms with E-state index in [-0.39, 0.29) is 11.6 Å². The van der Waals surface area contributed by atoms with Gasteiger partial charge in [0.25, 0.3) is 11.6 Å². The van der Waals surface area contributed by atoms with E-state index in [1.807, 2.05) is 0 Å². The third-order valence-electron chi connectivity index (χ3n) is 2.99. The molecule has 2 rings (SSSR count). The highest BCUT2D eigenvalue weighted by atomic mass is 79.9. The average Bonchev–Trinajstić information content (AvgIpc) is 2.37. The zero-order valence-corrected chi connectivity index (χ0v) is 13.2. The molecule has 19 heavy (non-hydrogen) atoms. The van der Waals surface area contributed by atoms with E-state index in [0.717, 1.165) is 12.8 Å². The molecule has 1 aromatic rings. The Kier molecular flexibility index (Phi) is 4.57. The number of non-ortho nitro benzene ring substituents is 1. The molecule has 1 amide bonds. The molecule has 0 bridgehead atoms. The molecule has 5 nitrogen and oxygen atoms in total. The Morgan fingerprint density at radius 2 is 2.16 bits per heavy atom. The summed E-state index contributed by atoms with van der Waals surface area (Å²) in [7, 11) is 0. The lowest BCUT2D eigenvalue weighted by molar-refractivity contribution is -0.385. The van der Waals surface area contributed by atoms with Crippen LogP contribution in [-0.2, 0) is 0 Å². The van der Waals surface area contributed by atoms with E-state index < -0.39 is 4.92 Å². The second kappa shape index (κ2) is 6.00. The number of alkyl halides is 1. The summed E-state index contributed by atoms with van der Waals surface area (Å²) in [6, 6.07) is 4.33. The Hall–Kier alpha value is -0.950. The number of likely N-dealkylation sites (tertiary alicyclic amines) is 1. The molecular weight excluding hydrogens is 380 g/mol. The fraction of sp³-hybridized carbons (Fsp3) is 0.417. The first-order valence-corrected chi connectivity index (χ1v) is 7.56. The fourth-order valence-electron chi connectivity index (χ4n) is 2.10. The normalized spacial score (nSPS) is 19.3. The molecule has 1 atom stereocenters. The van der Waals surface area contributed by atoms with Gasteiger partial charge in [0.2, 0.25) is 0 Å². The van der Waals surface area contributed by atoms with Crippen LogP contribution < -0.4 is 0 Å². The number of amides is 1. The molecule has 1 heterocycles. The Labute approximate surface area is 127 Å². The van der Waals surface area contributed by atoms with E-state index >= 15 is 0 Å². The van der Waals surface area contributed by atoms with Crippen LogP contribution in [0, 0.1) is 10.1 Å². The number of carbonyl (C=O) groups excluding carboxylic acids is 1. The molecular formula is C12H12Br2N2O3. The van der Waals surface area contributed by atoms with Crippen LogP contribution in [0.4, 0.5) is 5.69 Å². The Bertz CT molecular complexity index is 522. The monoisotopic (exact) mass is 390 g/mol. The number of piperidine rings is 1. The summed E-state index contributed by atoms with van der Waals surface area (Å²) in [5, 5.41) is 10.8. The molecule has 0 radical (unpaired) electrons. The molecule has 1 unspecified atom stereocenters. The zero-order chi connectivity index (χ0) is 14.0. The van der Waals surface area contributed by atoms with Gasteiger partial charge in [-0.2, -0.15) is 0 Å². The van der Waals surface area contributed by atoms with Crippen molar-refractivity contribution in [2.75, 3.05) is 13.1 Å². The van der Waals surface area contributed by atoms with Crippen molar-refractivity contribution in [1.82, 2.24) is 4.90 Å². The Balaban J connectivity index is 2.25. The molecule has 1 fully saturated rings. The molecule has 0 aromatic heterocycles. The highest BCUT2D eigenvalue weighted by Gasteiger charge is 2.24. The van der Waals surface area contributed by atoms with Gasteiger partial charge in [0.1, 0.15) is 0 Å². The maximum atomic E-state index is 12.3. The van der Waals surface area contributed by atoms with E-state index in [1.54, 1.807) is 11.0 Å². The summed E-state index contributed by atoms with van der Waals surface area (Å²) < 4.78 is 0.539. The molecule has 1 saturated heterocycles. The van der Waals surface area contributed by atoms with Crippen molar-refractivity contribution in [3.8, 4) is 0 Å². The van der Waals surface area contributed by atoms with E-state index in [2.05, 4.69) is 31.9 Å². The summed E-state index contributed by atoms with van der Waals surface area (Å²) in [6.45, 7) is 1.33. The first-order valence-electron chi connectivity index (χ1n) is 5.85. The molecule has 102 valence electrons. The van der Waals surface area contributed by atoms with Gasteiger partial charge in [-0.1, -0.05) is 31.9 Å². The van der Waals surface area contributed by atoms with Crippen molar-refractivity contribution in [2.45, 2.75) is 17.7 Å². The van der Waals surface area contributed by atoms with Crippen molar-refractivity contribution in [3.63, 3.8) is 0 Å². The van der Waals surface area contributed by atoms with Crippen molar-refractivity contribution in [1.29, 1.82) is 0 Å². The van der Waals surface area contributed by atoms with Crippen LogP contribution in [0.2, 0.25) is 0 Å². The summed E-state index contributed by atoms with van der Waals surface area (Å²) in [6.07, 6.45) is 1.99. The minimum Gasteiger partial charge on any atom is -0.338 e. The lowest BCUT2D eigenvalue weighted by atomic mass is 10.1. The summed E-state index contributed by atoms with van der Waals surface area (Å²) >= 11 is 6.71. The first-order chi connectivity index (χ1) is 8.97. The second-order valence-corrected chi connectivity index (χ2v) is 6.66. The maximum Gasteiger partial charge on any atom is 0.271 e. The molecule has 1 aliphatic rings. The van der Waals surface area contributed by atoms with Gasteiger partial charge in [0, 0.05) is 40.1 Å². The minimum absolute atomic E-state index is 0.0786. The third kappa shape index (κ3) is 3.54. The number of nitro groups is 1. The number of rotatable bonds is 2. The second-order valence-electron chi connectivity index (χ2n) is 4.45. The van der Waals surface area contributed by atoms with Gasteiger partial charge in [-0.25, -0.2) is 0 Å². The lowest BCUT2D eigenvalue weighted by Crippen LogP contribution is -2.40. The molecule has 0 saturated carbocycles. The van der Waals surface area contributed by atoms with Gasteiger partial charge in [-0.05, 0) is 18.9 Å². The predicted molar refractivity (Wildman–Crippen MR) is 78.6 cm³/mol. The number of hydrogen-bond donors (Lipinski definition) is 0. The molecule has 0 N–H and O–H groups in total. The van der Waals surface area contributed by atoms with Crippen LogP contribution in [0.5, 0.6) is 0 Å².